The number of hydrogen-bond acceptors (Lipinski definition) is 5. The lowest BCUT2D eigenvalue weighted by Crippen LogP contribution is -1.96. The molecule has 1 aromatic heterocycles. The number of ether oxygens (including phenoxy) is 1. The molecule has 0 aliphatic rings. The molecule has 2 aromatic rings. The van der Waals surface area contributed by atoms with Gasteiger partial charge in [0.05, 0.1) is 11.0 Å². The van der Waals surface area contributed by atoms with E-state index in [2.05, 4.69) is 9.97 Å². The molecule has 7 heteroatoms. The summed E-state index contributed by atoms with van der Waals surface area (Å²) in [6.07, 6.45) is 1.26. The summed E-state index contributed by atoms with van der Waals surface area (Å²) in [6, 6.07) is 4.50. The molecule has 0 aliphatic carbocycles. The lowest BCUT2D eigenvalue weighted by Gasteiger charge is -2.08. The van der Waals surface area contributed by atoms with Gasteiger partial charge in [0.15, 0.2) is 0 Å². The fourth-order valence-corrected chi connectivity index (χ4v) is 1.75. The van der Waals surface area contributed by atoms with Crippen LogP contribution >= 0.6 is 11.6 Å². The molecule has 0 aliphatic heterocycles. The largest absolute Gasteiger partial charge is 0.438 e. The number of halogens is 1. The average Bonchev–Trinajstić information content (AvgIpc) is 2.32. The summed E-state index contributed by atoms with van der Waals surface area (Å²) in [5.74, 6) is 0.605. The van der Waals surface area contributed by atoms with Gasteiger partial charge in [0, 0.05) is 11.6 Å². The van der Waals surface area contributed by atoms with Gasteiger partial charge in [-0.2, -0.15) is 0 Å². The molecular weight excluding hydrogens is 270 g/mol. The SMILES string of the molecule is Cc1cc(C)c([N+](=O)[O-])cc1Oc1cc(Cl)ncn1. The van der Waals surface area contributed by atoms with E-state index in [9.17, 15) is 10.1 Å². The minimum absolute atomic E-state index is 0.000697. The summed E-state index contributed by atoms with van der Waals surface area (Å²) in [6.45, 7) is 3.48. The molecular formula is C12H10ClN3O3. The highest BCUT2D eigenvalue weighted by Gasteiger charge is 2.15. The number of hydrogen-bond donors (Lipinski definition) is 0. The minimum atomic E-state index is -0.450. The van der Waals surface area contributed by atoms with E-state index in [0.29, 0.717) is 11.3 Å². The second kappa shape index (κ2) is 5.19. The van der Waals surface area contributed by atoms with Crippen LogP contribution in [0, 0.1) is 24.0 Å². The summed E-state index contributed by atoms with van der Waals surface area (Å²) < 4.78 is 5.50. The second-order valence-corrected chi connectivity index (χ2v) is 4.33. The molecule has 0 radical (unpaired) electrons. The quantitative estimate of drug-likeness (QED) is 0.488. The van der Waals surface area contributed by atoms with Gasteiger partial charge in [-0.1, -0.05) is 11.6 Å². The third-order valence-electron chi connectivity index (χ3n) is 2.51. The molecule has 0 fully saturated rings. The number of rotatable bonds is 3. The summed E-state index contributed by atoms with van der Waals surface area (Å²) in [4.78, 5) is 18.1. The van der Waals surface area contributed by atoms with Crippen molar-refractivity contribution in [3.63, 3.8) is 0 Å². The maximum absolute atomic E-state index is 10.9. The Hall–Kier alpha value is -2.21. The number of benzene rings is 1. The maximum Gasteiger partial charge on any atom is 0.276 e. The Morgan fingerprint density at radius 3 is 2.58 bits per heavy atom. The standard InChI is InChI=1S/C12H10ClN3O3/c1-7-3-8(2)10(4-9(7)16(17)18)19-12-5-11(13)14-6-15-12/h3-6H,1-2H3. The predicted molar refractivity (Wildman–Crippen MR) is 69.7 cm³/mol. The molecule has 0 N–H and O–H groups in total. The Morgan fingerprint density at radius 2 is 1.95 bits per heavy atom. The van der Waals surface area contributed by atoms with Crippen LogP contribution in [0.4, 0.5) is 5.69 Å². The molecule has 0 saturated carbocycles. The smallest absolute Gasteiger partial charge is 0.276 e. The van der Waals surface area contributed by atoms with Gasteiger partial charge in [0.2, 0.25) is 5.88 Å². The normalized spacial score (nSPS) is 10.3. The molecule has 98 valence electrons. The molecule has 0 bridgehead atoms. The highest BCUT2D eigenvalue weighted by atomic mass is 35.5. The first-order valence-electron chi connectivity index (χ1n) is 5.38. The number of aromatic nitrogens is 2. The minimum Gasteiger partial charge on any atom is -0.438 e. The van der Waals surface area contributed by atoms with Crippen molar-refractivity contribution < 1.29 is 9.66 Å². The van der Waals surface area contributed by atoms with E-state index < -0.39 is 4.92 Å². The summed E-state index contributed by atoms with van der Waals surface area (Å²) in [5.41, 5.74) is 1.36. The predicted octanol–water partition coefficient (Wildman–Crippen LogP) is 3.45. The third-order valence-corrected chi connectivity index (χ3v) is 2.72. The fraction of sp³-hybridized carbons (Fsp3) is 0.167. The van der Waals surface area contributed by atoms with Gasteiger partial charge in [-0.05, 0) is 25.5 Å². The average molecular weight is 280 g/mol. The Morgan fingerprint density at radius 1 is 1.21 bits per heavy atom. The van der Waals surface area contributed by atoms with Crippen molar-refractivity contribution in [2.45, 2.75) is 13.8 Å². The summed E-state index contributed by atoms with van der Waals surface area (Å²) >= 11 is 5.72. The molecule has 2 rings (SSSR count). The van der Waals surface area contributed by atoms with Crippen molar-refractivity contribution in [2.75, 3.05) is 0 Å². The van der Waals surface area contributed by atoms with E-state index in [1.54, 1.807) is 19.9 Å². The van der Waals surface area contributed by atoms with E-state index in [-0.39, 0.29) is 16.7 Å². The third kappa shape index (κ3) is 2.97. The molecule has 0 unspecified atom stereocenters. The van der Waals surface area contributed by atoms with Gasteiger partial charge in [-0.3, -0.25) is 10.1 Å². The zero-order valence-electron chi connectivity index (χ0n) is 10.3. The zero-order chi connectivity index (χ0) is 14.0. The molecule has 0 spiro atoms. The first kappa shape index (κ1) is 13.2. The number of nitro benzene ring substituents is 1. The van der Waals surface area contributed by atoms with Crippen LogP contribution in [0.2, 0.25) is 5.15 Å². The monoisotopic (exact) mass is 279 g/mol. The summed E-state index contributed by atoms with van der Waals surface area (Å²) in [5, 5.41) is 11.1. The van der Waals surface area contributed by atoms with Gasteiger partial charge in [0.25, 0.3) is 5.69 Å². The van der Waals surface area contributed by atoms with E-state index in [4.69, 9.17) is 16.3 Å². The van der Waals surface area contributed by atoms with Crippen LogP contribution in [0.5, 0.6) is 11.6 Å². The van der Waals surface area contributed by atoms with Crippen LogP contribution < -0.4 is 4.74 Å². The Balaban J connectivity index is 2.40. The van der Waals surface area contributed by atoms with E-state index in [0.717, 1.165) is 5.56 Å². The Bertz CT molecular complexity index is 646. The topological polar surface area (TPSA) is 78.2 Å². The van der Waals surface area contributed by atoms with E-state index in [1.807, 2.05) is 0 Å². The molecule has 0 atom stereocenters. The van der Waals surface area contributed by atoms with Gasteiger partial charge >= 0.3 is 0 Å². The molecule has 6 nitrogen and oxygen atoms in total. The molecule has 0 saturated heterocycles. The van der Waals surface area contributed by atoms with Crippen molar-refractivity contribution >= 4 is 17.3 Å². The highest BCUT2D eigenvalue weighted by Crippen LogP contribution is 2.31. The van der Waals surface area contributed by atoms with Crippen LogP contribution in [0.15, 0.2) is 24.5 Å². The van der Waals surface area contributed by atoms with Crippen LogP contribution in [0.3, 0.4) is 0 Å². The number of nitro groups is 1. The number of nitrogens with zero attached hydrogens (tertiary/aromatic N) is 3. The van der Waals surface area contributed by atoms with Crippen molar-refractivity contribution in [2.24, 2.45) is 0 Å². The van der Waals surface area contributed by atoms with Gasteiger partial charge in [0.1, 0.15) is 17.2 Å². The fourth-order valence-electron chi connectivity index (χ4n) is 1.61. The van der Waals surface area contributed by atoms with Gasteiger partial charge in [-0.25, -0.2) is 9.97 Å². The van der Waals surface area contributed by atoms with Crippen LogP contribution in [0.1, 0.15) is 11.1 Å². The molecule has 19 heavy (non-hydrogen) atoms. The van der Waals surface area contributed by atoms with E-state index >= 15 is 0 Å². The highest BCUT2D eigenvalue weighted by molar-refractivity contribution is 6.29. The second-order valence-electron chi connectivity index (χ2n) is 3.94. The van der Waals surface area contributed by atoms with Gasteiger partial charge < -0.3 is 4.74 Å². The first-order valence-corrected chi connectivity index (χ1v) is 5.76. The van der Waals surface area contributed by atoms with Crippen molar-refractivity contribution in [1.29, 1.82) is 0 Å². The number of aryl methyl sites for hydroxylation is 2. The lowest BCUT2D eigenvalue weighted by molar-refractivity contribution is -0.385. The van der Waals surface area contributed by atoms with Gasteiger partial charge in [-0.15, -0.1) is 0 Å². The molecule has 1 heterocycles. The van der Waals surface area contributed by atoms with Crippen molar-refractivity contribution in [1.82, 2.24) is 9.97 Å². The van der Waals surface area contributed by atoms with E-state index in [1.165, 1.54) is 18.5 Å². The lowest BCUT2D eigenvalue weighted by atomic mass is 10.1. The zero-order valence-corrected chi connectivity index (χ0v) is 11.0. The Kier molecular flexibility index (Phi) is 3.62. The van der Waals surface area contributed by atoms with Crippen molar-refractivity contribution in [3.05, 3.63) is 50.9 Å². The molecule has 1 aromatic carbocycles. The Labute approximate surface area is 114 Å². The maximum atomic E-state index is 10.9. The summed E-state index contributed by atoms with van der Waals surface area (Å²) in [7, 11) is 0. The van der Waals surface area contributed by atoms with Crippen LogP contribution in [-0.4, -0.2) is 14.9 Å². The first-order chi connectivity index (χ1) is 8.97. The van der Waals surface area contributed by atoms with Crippen molar-refractivity contribution in [3.8, 4) is 11.6 Å². The molecule has 0 amide bonds. The van der Waals surface area contributed by atoms with Crippen LogP contribution in [-0.2, 0) is 0 Å². The van der Waals surface area contributed by atoms with Crippen LogP contribution in [0.25, 0.3) is 0 Å².